The number of amides is 2. The topological polar surface area (TPSA) is 67.4 Å². The van der Waals surface area contributed by atoms with Crippen LogP contribution in [0.15, 0.2) is 48.5 Å². The summed E-state index contributed by atoms with van der Waals surface area (Å²) in [6, 6.07) is 14.8. The number of nitrogens with one attached hydrogen (secondary N) is 2. The molecule has 1 unspecified atom stereocenters. The second-order valence-corrected chi connectivity index (χ2v) is 5.81. The Morgan fingerprint density at radius 1 is 1.08 bits per heavy atom. The van der Waals surface area contributed by atoms with Crippen molar-refractivity contribution >= 4 is 11.8 Å². The van der Waals surface area contributed by atoms with Crippen LogP contribution < -0.4 is 15.4 Å². The lowest BCUT2D eigenvalue weighted by Gasteiger charge is -2.15. The molecule has 0 fully saturated rings. The van der Waals surface area contributed by atoms with Crippen molar-refractivity contribution < 1.29 is 14.3 Å². The summed E-state index contributed by atoms with van der Waals surface area (Å²) in [5, 5.41) is 5.51. The molecule has 0 heterocycles. The summed E-state index contributed by atoms with van der Waals surface area (Å²) in [5.41, 5.74) is 2.61. The first-order valence-corrected chi connectivity index (χ1v) is 8.37. The van der Waals surface area contributed by atoms with Gasteiger partial charge in [-0.3, -0.25) is 9.59 Å². The van der Waals surface area contributed by atoms with Crippen molar-refractivity contribution in [3.8, 4) is 5.75 Å². The van der Waals surface area contributed by atoms with Crippen LogP contribution in [0.2, 0.25) is 0 Å². The summed E-state index contributed by atoms with van der Waals surface area (Å²) in [5.74, 6) is -0.0616. The number of aryl methyl sites for hydroxylation is 1. The van der Waals surface area contributed by atoms with E-state index in [1.54, 1.807) is 24.3 Å². The summed E-state index contributed by atoms with van der Waals surface area (Å²) in [7, 11) is 0. The van der Waals surface area contributed by atoms with Gasteiger partial charge in [0.05, 0.1) is 24.8 Å². The van der Waals surface area contributed by atoms with Gasteiger partial charge in [-0.15, -0.1) is 0 Å². The highest BCUT2D eigenvalue weighted by Gasteiger charge is 2.14. The molecule has 5 nitrogen and oxygen atoms in total. The summed E-state index contributed by atoms with van der Waals surface area (Å²) < 4.78 is 5.44. The van der Waals surface area contributed by atoms with Crippen molar-refractivity contribution in [1.29, 1.82) is 0 Å². The van der Waals surface area contributed by atoms with Crippen molar-refractivity contribution in [3.05, 3.63) is 65.2 Å². The molecular weight excluding hydrogens is 316 g/mol. The molecule has 2 amide bonds. The molecule has 0 aliphatic heterocycles. The minimum atomic E-state index is -0.331. The third-order valence-corrected chi connectivity index (χ3v) is 3.80. The van der Waals surface area contributed by atoms with Crippen molar-refractivity contribution in [2.75, 3.05) is 13.2 Å². The van der Waals surface area contributed by atoms with E-state index in [9.17, 15) is 9.59 Å². The maximum Gasteiger partial charge on any atom is 0.255 e. The van der Waals surface area contributed by atoms with E-state index in [4.69, 9.17) is 4.74 Å². The number of benzene rings is 2. The lowest BCUT2D eigenvalue weighted by molar-refractivity contribution is -0.120. The molecule has 132 valence electrons. The van der Waals surface area contributed by atoms with E-state index in [-0.39, 0.29) is 24.4 Å². The Hall–Kier alpha value is -2.82. The van der Waals surface area contributed by atoms with E-state index in [1.165, 1.54) is 5.56 Å². The Kier molecular flexibility index (Phi) is 6.57. The molecule has 0 spiro atoms. The molecule has 2 N–H and O–H groups in total. The number of ether oxygens (including phenoxy) is 1. The van der Waals surface area contributed by atoms with E-state index < -0.39 is 0 Å². The maximum atomic E-state index is 12.3. The third-order valence-electron chi connectivity index (χ3n) is 3.80. The molecule has 2 rings (SSSR count). The lowest BCUT2D eigenvalue weighted by Crippen LogP contribution is -2.38. The van der Waals surface area contributed by atoms with Gasteiger partial charge in [0.2, 0.25) is 5.91 Å². The molecule has 2 aromatic carbocycles. The quantitative estimate of drug-likeness (QED) is 0.814. The van der Waals surface area contributed by atoms with Crippen molar-refractivity contribution in [1.82, 2.24) is 10.6 Å². The van der Waals surface area contributed by atoms with Gasteiger partial charge in [-0.2, -0.15) is 0 Å². The van der Waals surface area contributed by atoms with Crippen LogP contribution in [0, 0.1) is 6.92 Å². The summed E-state index contributed by atoms with van der Waals surface area (Å²) in [6.07, 6.45) is 0. The highest BCUT2D eigenvalue weighted by atomic mass is 16.5. The van der Waals surface area contributed by atoms with Crippen molar-refractivity contribution in [3.63, 3.8) is 0 Å². The number of hydrogen-bond donors (Lipinski definition) is 2. The van der Waals surface area contributed by atoms with E-state index in [1.807, 2.05) is 45.0 Å². The second kappa shape index (κ2) is 8.87. The Morgan fingerprint density at radius 3 is 2.44 bits per heavy atom. The summed E-state index contributed by atoms with van der Waals surface area (Å²) >= 11 is 0. The summed E-state index contributed by atoms with van der Waals surface area (Å²) in [6.45, 7) is 6.17. The average Bonchev–Trinajstić information content (AvgIpc) is 2.61. The lowest BCUT2D eigenvalue weighted by atomic mass is 10.1. The molecule has 5 heteroatoms. The highest BCUT2D eigenvalue weighted by molar-refractivity contribution is 5.98. The molecule has 0 saturated carbocycles. The molecule has 25 heavy (non-hydrogen) atoms. The van der Waals surface area contributed by atoms with Crippen LogP contribution in [-0.2, 0) is 4.79 Å². The van der Waals surface area contributed by atoms with Gasteiger partial charge in [0, 0.05) is 0 Å². The van der Waals surface area contributed by atoms with Gasteiger partial charge in [0.1, 0.15) is 5.75 Å². The molecular formula is C20H24N2O3. The molecule has 0 aromatic heterocycles. The number of carbonyl (C=O) groups excluding carboxylic acids is 2. The minimum absolute atomic E-state index is 0.0878. The predicted octanol–water partition coefficient (Wildman–Crippen LogP) is 3.00. The molecule has 2 aromatic rings. The molecule has 1 atom stereocenters. The van der Waals surface area contributed by atoms with Crippen LogP contribution in [-0.4, -0.2) is 25.0 Å². The van der Waals surface area contributed by atoms with Crippen LogP contribution >= 0.6 is 0 Å². The van der Waals surface area contributed by atoms with E-state index >= 15 is 0 Å². The third kappa shape index (κ3) is 5.35. The Balaban J connectivity index is 1.89. The van der Waals surface area contributed by atoms with Gasteiger partial charge in [0.15, 0.2) is 0 Å². The monoisotopic (exact) mass is 340 g/mol. The Labute approximate surface area is 148 Å². The Bertz CT molecular complexity index is 726. The smallest absolute Gasteiger partial charge is 0.255 e. The number of para-hydroxylation sites is 1. The normalized spacial score (nSPS) is 11.5. The van der Waals surface area contributed by atoms with Gasteiger partial charge >= 0.3 is 0 Å². The predicted molar refractivity (Wildman–Crippen MR) is 97.7 cm³/mol. The van der Waals surface area contributed by atoms with E-state index in [2.05, 4.69) is 10.6 Å². The fourth-order valence-electron chi connectivity index (χ4n) is 2.42. The van der Waals surface area contributed by atoms with Crippen LogP contribution in [0.3, 0.4) is 0 Å². The SMILES string of the molecule is CCOc1ccccc1C(=O)NCC(=O)NC(C)c1ccc(C)cc1. The average molecular weight is 340 g/mol. The maximum absolute atomic E-state index is 12.3. The largest absolute Gasteiger partial charge is 0.493 e. The zero-order valence-electron chi connectivity index (χ0n) is 14.8. The van der Waals surface area contributed by atoms with E-state index in [0.717, 1.165) is 5.56 Å². The van der Waals surface area contributed by atoms with Crippen LogP contribution in [0.4, 0.5) is 0 Å². The van der Waals surface area contributed by atoms with Gasteiger partial charge < -0.3 is 15.4 Å². The standard InChI is InChI=1S/C20H24N2O3/c1-4-25-18-8-6-5-7-17(18)20(24)21-13-19(23)22-15(3)16-11-9-14(2)10-12-16/h5-12,15H,4,13H2,1-3H3,(H,21,24)(H,22,23). The minimum Gasteiger partial charge on any atom is -0.493 e. The molecule has 0 aliphatic carbocycles. The van der Waals surface area contributed by atoms with Crippen LogP contribution in [0.5, 0.6) is 5.75 Å². The zero-order valence-corrected chi connectivity index (χ0v) is 14.8. The van der Waals surface area contributed by atoms with E-state index in [0.29, 0.717) is 17.9 Å². The number of hydrogen-bond acceptors (Lipinski definition) is 3. The first kappa shape index (κ1) is 18.5. The second-order valence-electron chi connectivity index (χ2n) is 5.81. The van der Waals surface area contributed by atoms with Gasteiger partial charge in [0.25, 0.3) is 5.91 Å². The zero-order chi connectivity index (χ0) is 18.2. The van der Waals surface area contributed by atoms with Crippen molar-refractivity contribution in [2.24, 2.45) is 0 Å². The molecule has 0 radical (unpaired) electrons. The fraction of sp³-hybridized carbons (Fsp3) is 0.300. The summed E-state index contributed by atoms with van der Waals surface area (Å²) in [4.78, 5) is 24.3. The molecule has 0 bridgehead atoms. The fourth-order valence-corrected chi connectivity index (χ4v) is 2.42. The van der Waals surface area contributed by atoms with Crippen LogP contribution in [0.1, 0.15) is 41.4 Å². The first-order valence-electron chi connectivity index (χ1n) is 8.37. The first-order chi connectivity index (χ1) is 12.0. The van der Waals surface area contributed by atoms with Gasteiger partial charge in [-0.05, 0) is 38.5 Å². The Morgan fingerprint density at radius 2 is 1.76 bits per heavy atom. The molecule has 0 saturated heterocycles. The van der Waals surface area contributed by atoms with Gasteiger partial charge in [-0.25, -0.2) is 0 Å². The number of rotatable bonds is 7. The number of carbonyl (C=O) groups is 2. The van der Waals surface area contributed by atoms with Crippen LogP contribution in [0.25, 0.3) is 0 Å². The molecule has 0 aliphatic rings. The van der Waals surface area contributed by atoms with Gasteiger partial charge in [-0.1, -0.05) is 42.0 Å². The highest BCUT2D eigenvalue weighted by Crippen LogP contribution is 2.17. The van der Waals surface area contributed by atoms with Crippen molar-refractivity contribution in [2.45, 2.75) is 26.8 Å².